The predicted molar refractivity (Wildman–Crippen MR) is 101 cm³/mol. The Labute approximate surface area is 157 Å². The van der Waals surface area contributed by atoms with Gasteiger partial charge in [0.1, 0.15) is 11.5 Å². The molecule has 1 amide bonds. The van der Waals surface area contributed by atoms with Crippen LogP contribution < -0.4 is 10.2 Å². The Kier molecular flexibility index (Phi) is 6.52. The summed E-state index contributed by atoms with van der Waals surface area (Å²) in [5.74, 6) is -0.567. The highest BCUT2D eigenvalue weighted by Crippen LogP contribution is 2.34. The van der Waals surface area contributed by atoms with Crippen LogP contribution in [0.2, 0.25) is 0 Å². The van der Waals surface area contributed by atoms with Crippen molar-refractivity contribution in [2.24, 2.45) is 5.10 Å². The first kappa shape index (κ1) is 20.1. The SMILES string of the molecule is CC(C)(S)CC(=O)NN=C1CCc2cc(OCCCC(=O)O)cc(O)c21. The van der Waals surface area contributed by atoms with Gasteiger partial charge in [0.15, 0.2) is 0 Å². The molecule has 1 aromatic rings. The second-order valence-corrected chi connectivity index (χ2v) is 8.12. The van der Waals surface area contributed by atoms with Gasteiger partial charge < -0.3 is 14.9 Å². The molecule has 0 spiro atoms. The van der Waals surface area contributed by atoms with E-state index in [0.29, 0.717) is 36.3 Å². The molecule has 0 saturated heterocycles. The summed E-state index contributed by atoms with van der Waals surface area (Å²) in [5, 5.41) is 23.1. The number of fused-ring (bicyclic) bond motifs is 1. The largest absolute Gasteiger partial charge is 0.507 e. The fraction of sp³-hybridized carbons (Fsp3) is 0.500. The normalized spacial score (nSPS) is 15.0. The number of nitrogens with zero attached hydrogens (tertiary/aromatic N) is 1. The van der Waals surface area contributed by atoms with Crippen molar-refractivity contribution in [2.45, 2.75) is 50.7 Å². The Bertz CT molecular complexity index is 725. The molecule has 0 aromatic heterocycles. The Hall–Kier alpha value is -2.22. The number of carbonyl (C=O) groups is 2. The summed E-state index contributed by atoms with van der Waals surface area (Å²) < 4.78 is 5.09. The molecule has 0 saturated carbocycles. The summed E-state index contributed by atoms with van der Waals surface area (Å²) in [6.45, 7) is 3.95. The molecule has 1 aliphatic rings. The lowest BCUT2D eigenvalue weighted by Crippen LogP contribution is -2.26. The lowest BCUT2D eigenvalue weighted by molar-refractivity contribution is -0.137. The molecule has 0 fully saturated rings. The van der Waals surface area contributed by atoms with Crippen molar-refractivity contribution >= 4 is 30.2 Å². The number of phenolic OH excluding ortho intramolecular Hbond substituents is 1. The fourth-order valence-corrected chi connectivity index (χ4v) is 2.88. The number of amides is 1. The third-order valence-electron chi connectivity index (χ3n) is 3.80. The van der Waals surface area contributed by atoms with Gasteiger partial charge in [-0.1, -0.05) is 13.8 Å². The molecule has 0 atom stereocenters. The van der Waals surface area contributed by atoms with Gasteiger partial charge in [0.05, 0.1) is 12.3 Å². The van der Waals surface area contributed by atoms with Gasteiger partial charge in [-0.25, -0.2) is 5.43 Å². The molecule has 3 N–H and O–H groups in total. The number of thiol groups is 1. The van der Waals surface area contributed by atoms with Gasteiger partial charge in [-0.15, -0.1) is 0 Å². The lowest BCUT2D eigenvalue weighted by atomic mass is 10.1. The number of benzene rings is 1. The Morgan fingerprint density at radius 3 is 2.73 bits per heavy atom. The average Bonchev–Trinajstić information content (AvgIpc) is 2.91. The number of hydrogen-bond donors (Lipinski definition) is 4. The molecule has 0 bridgehead atoms. The Morgan fingerprint density at radius 2 is 2.08 bits per heavy atom. The van der Waals surface area contributed by atoms with Crippen LogP contribution in [-0.2, 0) is 16.0 Å². The molecule has 8 heteroatoms. The maximum Gasteiger partial charge on any atom is 0.303 e. The predicted octanol–water partition coefficient (Wildman–Crippen LogP) is 2.50. The van der Waals surface area contributed by atoms with Crippen molar-refractivity contribution in [3.63, 3.8) is 0 Å². The summed E-state index contributed by atoms with van der Waals surface area (Å²) in [4.78, 5) is 22.4. The minimum atomic E-state index is -0.866. The topological polar surface area (TPSA) is 108 Å². The third-order valence-corrected chi connectivity index (χ3v) is 3.96. The molecule has 1 aliphatic carbocycles. The van der Waals surface area contributed by atoms with Gasteiger partial charge in [0, 0.05) is 29.2 Å². The molecule has 0 radical (unpaired) electrons. The van der Waals surface area contributed by atoms with E-state index in [4.69, 9.17) is 9.84 Å². The monoisotopic (exact) mass is 380 g/mol. The van der Waals surface area contributed by atoms with Crippen LogP contribution in [0.4, 0.5) is 0 Å². The number of aryl methyl sites for hydroxylation is 1. The first-order chi connectivity index (χ1) is 12.2. The molecule has 0 unspecified atom stereocenters. The van der Waals surface area contributed by atoms with Crippen molar-refractivity contribution < 1.29 is 24.5 Å². The zero-order chi connectivity index (χ0) is 19.3. The molecule has 1 aromatic carbocycles. The molecular weight excluding hydrogens is 356 g/mol. The highest BCUT2D eigenvalue weighted by molar-refractivity contribution is 7.81. The first-order valence-corrected chi connectivity index (χ1v) is 8.89. The van der Waals surface area contributed by atoms with E-state index in [1.54, 1.807) is 0 Å². The average molecular weight is 380 g/mol. The molecule has 142 valence electrons. The number of carbonyl (C=O) groups excluding carboxylic acids is 1. The van der Waals surface area contributed by atoms with Crippen LogP contribution in [0.25, 0.3) is 0 Å². The molecule has 26 heavy (non-hydrogen) atoms. The van der Waals surface area contributed by atoms with Crippen LogP contribution >= 0.6 is 12.6 Å². The number of phenols is 1. The highest BCUT2D eigenvalue weighted by atomic mass is 32.1. The minimum absolute atomic E-state index is 0.0377. The van der Waals surface area contributed by atoms with Gasteiger partial charge in [-0.2, -0.15) is 17.7 Å². The van der Waals surface area contributed by atoms with E-state index in [0.717, 1.165) is 5.56 Å². The first-order valence-electron chi connectivity index (χ1n) is 8.44. The van der Waals surface area contributed by atoms with Gasteiger partial charge in [0.25, 0.3) is 0 Å². The number of rotatable bonds is 8. The number of aromatic hydroxyl groups is 1. The molecule has 2 rings (SSSR count). The number of nitrogens with one attached hydrogen (secondary N) is 1. The van der Waals surface area contributed by atoms with Gasteiger partial charge in [-0.3, -0.25) is 9.59 Å². The standard InChI is InChI=1S/C18H24N2O5S/c1-18(2,26)10-15(22)20-19-13-6-5-11-8-12(9-14(21)17(11)13)25-7-3-4-16(23)24/h8-9,21,26H,3-7,10H2,1-2H3,(H,20,22)(H,23,24). The number of aliphatic carboxylic acids is 1. The second-order valence-electron chi connectivity index (χ2n) is 6.90. The van der Waals surface area contributed by atoms with E-state index in [1.165, 1.54) is 6.07 Å². The Morgan fingerprint density at radius 1 is 1.35 bits per heavy atom. The van der Waals surface area contributed by atoms with E-state index >= 15 is 0 Å². The van der Waals surface area contributed by atoms with Crippen LogP contribution in [-0.4, -0.2) is 39.2 Å². The van der Waals surface area contributed by atoms with Crippen LogP contribution in [0, 0.1) is 0 Å². The van der Waals surface area contributed by atoms with Crippen LogP contribution in [0.5, 0.6) is 11.5 Å². The van der Waals surface area contributed by atoms with Gasteiger partial charge >= 0.3 is 5.97 Å². The van der Waals surface area contributed by atoms with Crippen LogP contribution in [0.3, 0.4) is 0 Å². The molecule has 0 heterocycles. The van der Waals surface area contributed by atoms with Gasteiger partial charge in [-0.05, 0) is 30.9 Å². The highest BCUT2D eigenvalue weighted by Gasteiger charge is 2.24. The molecular formula is C18H24N2O5S. The number of carboxylic acids is 1. The third kappa shape index (κ3) is 5.94. The van der Waals surface area contributed by atoms with Gasteiger partial charge in [0.2, 0.25) is 5.91 Å². The minimum Gasteiger partial charge on any atom is -0.507 e. The second kappa shape index (κ2) is 8.44. The fourth-order valence-electron chi connectivity index (χ4n) is 2.74. The van der Waals surface area contributed by atoms with Crippen molar-refractivity contribution in [1.82, 2.24) is 5.43 Å². The number of hydrogen-bond acceptors (Lipinski definition) is 6. The summed E-state index contributed by atoms with van der Waals surface area (Å²) >= 11 is 4.32. The van der Waals surface area contributed by atoms with Crippen LogP contribution in [0.15, 0.2) is 17.2 Å². The number of ether oxygens (including phenoxy) is 1. The summed E-state index contributed by atoms with van der Waals surface area (Å²) in [6, 6.07) is 3.30. The number of carboxylic acid groups (broad SMARTS) is 1. The quantitative estimate of drug-likeness (QED) is 0.315. The van der Waals surface area contributed by atoms with Crippen molar-refractivity contribution in [2.75, 3.05) is 6.61 Å². The zero-order valence-corrected chi connectivity index (χ0v) is 15.8. The smallest absolute Gasteiger partial charge is 0.303 e. The maximum atomic E-state index is 11.9. The van der Waals surface area contributed by atoms with E-state index in [9.17, 15) is 14.7 Å². The van der Waals surface area contributed by atoms with Crippen molar-refractivity contribution in [1.29, 1.82) is 0 Å². The summed E-state index contributed by atoms with van der Waals surface area (Å²) in [6.07, 6.45) is 1.96. The van der Waals surface area contributed by atoms with Crippen LogP contribution in [0.1, 0.15) is 50.7 Å². The van der Waals surface area contributed by atoms with E-state index in [-0.39, 0.29) is 31.1 Å². The van der Waals surface area contributed by atoms with Crippen molar-refractivity contribution in [3.8, 4) is 11.5 Å². The Balaban J connectivity index is 2.02. The lowest BCUT2D eigenvalue weighted by Gasteiger charge is -2.15. The van der Waals surface area contributed by atoms with E-state index < -0.39 is 10.7 Å². The summed E-state index contributed by atoms with van der Waals surface area (Å²) in [5.41, 5.74) is 4.65. The van der Waals surface area contributed by atoms with E-state index in [1.807, 2.05) is 19.9 Å². The zero-order valence-electron chi connectivity index (χ0n) is 14.9. The number of hydrazone groups is 1. The molecule has 0 aliphatic heterocycles. The van der Waals surface area contributed by atoms with Crippen molar-refractivity contribution in [3.05, 3.63) is 23.3 Å². The maximum absolute atomic E-state index is 11.9. The molecule has 7 nitrogen and oxygen atoms in total. The summed E-state index contributed by atoms with van der Waals surface area (Å²) in [7, 11) is 0. The van der Waals surface area contributed by atoms with E-state index in [2.05, 4.69) is 23.2 Å².